The predicted octanol–water partition coefficient (Wildman–Crippen LogP) is 4.47. The van der Waals surface area contributed by atoms with Gasteiger partial charge >= 0.3 is 0 Å². The van der Waals surface area contributed by atoms with Gasteiger partial charge in [-0.3, -0.25) is 9.10 Å². The maximum Gasteiger partial charge on any atom is 0.264 e. The summed E-state index contributed by atoms with van der Waals surface area (Å²) in [7, 11) is -2.28. The van der Waals surface area contributed by atoms with Gasteiger partial charge in [-0.25, -0.2) is 8.42 Å². The van der Waals surface area contributed by atoms with Crippen molar-refractivity contribution >= 4 is 27.3 Å². The third-order valence-corrected chi connectivity index (χ3v) is 7.02. The molecule has 0 unspecified atom stereocenters. The van der Waals surface area contributed by atoms with Crippen LogP contribution in [-0.2, 0) is 14.8 Å². The third kappa shape index (κ3) is 4.39. The van der Waals surface area contributed by atoms with Crippen LogP contribution in [0.25, 0.3) is 0 Å². The van der Waals surface area contributed by atoms with Gasteiger partial charge in [-0.1, -0.05) is 48.0 Å². The second-order valence-corrected chi connectivity index (χ2v) is 9.19. The lowest BCUT2D eigenvalue weighted by molar-refractivity contribution is -0.116. The van der Waals surface area contributed by atoms with Gasteiger partial charge < -0.3 is 4.90 Å². The van der Waals surface area contributed by atoms with Gasteiger partial charge in [0.1, 0.15) is 6.54 Å². The van der Waals surface area contributed by atoms with E-state index in [4.69, 9.17) is 0 Å². The van der Waals surface area contributed by atoms with Gasteiger partial charge in [-0.05, 0) is 62.2 Å². The van der Waals surface area contributed by atoms with E-state index in [-0.39, 0.29) is 17.3 Å². The Labute approximate surface area is 178 Å². The first-order valence-electron chi connectivity index (χ1n) is 9.69. The SMILES string of the molecule is Cc1ccc(S(=O)(=O)N(CC(=O)N(C)c2ccccc2)c2cccc(C)c2C)cc1. The first kappa shape index (κ1) is 21.6. The molecule has 3 rings (SSSR count). The minimum absolute atomic E-state index is 0.157. The monoisotopic (exact) mass is 422 g/mol. The van der Waals surface area contributed by atoms with Crippen LogP contribution >= 0.6 is 0 Å². The summed E-state index contributed by atoms with van der Waals surface area (Å²) < 4.78 is 28.3. The molecule has 0 saturated carbocycles. The molecule has 0 fully saturated rings. The van der Waals surface area contributed by atoms with Gasteiger partial charge in [0.25, 0.3) is 10.0 Å². The molecule has 0 bridgehead atoms. The summed E-state index contributed by atoms with van der Waals surface area (Å²) in [4.78, 5) is 14.7. The second kappa shape index (κ2) is 8.71. The molecule has 0 aliphatic carbocycles. The van der Waals surface area contributed by atoms with Crippen molar-refractivity contribution in [1.82, 2.24) is 0 Å². The fourth-order valence-corrected chi connectivity index (χ4v) is 4.64. The summed E-state index contributed by atoms with van der Waals surface area (Å²) in [5.41, 5.74) is 3.96. The highest BCUT2D eigenvalue weighted by molar-refractivity contribution is 7.92. The molecule has 0 spiro atoms. The molecule has 156 valence electrons. The fraction of sp³-hybridized carbons (Fsp3) is 0.208. The maximum absolute atomic E-state index is 13.6. The summed E-state index contributed by atoms with van der Waals surface area (Å²) in [5.74, 6) is -0.321. The van der Waals surface area contributed by atoms with Gasteiger partial charge in [0, 0.05) is 12.7 Å². The van der Waals surface area contributed by atoms with E-state index in [1.807, 2.05) is 57.2 Å². The summed E-state index contributed by atoms with van der Waals surface area (Å²) in [6.45, 7) is 5.39. The molecule has 1 amide bonds. The molecule has 0 aliphatic heterocycles. The second-order valence-electron chi connectivity index (χ2n) is 7.33. The number of carbonyl (C=O) groups is 1. The number of hydrogen-bond donors (Lipinski definition) is 0. The van der Waals surface area contributed by atoms with E-state index >= 15 is 0 Å². The number of nitrogens with zero attached hydrogens (tertiary/aromatic N) is 2. The normalized spacial score (nSPS) is 11.2. The Morgan fingerprint density at radius 3 is 2.10 bits per heavy atom. The Bertz CT molecular complexity index is 1140. The van der Waals surface area contributed by atoms with E-state index in [1.54, 1.807) is 43.4 Å². The molecule has 0 N–H and O–H groups in total. The highest BCUT2D eigenvalue weighted by Crippen LogP contribution is 2.29. The summed E-state index contributed by atoms with van der Waals surface area (Å²) in [6, 6.07) is 21.3. The number of sulfonamides is 1. The summed E-state index contributed by atoms with van der Waals surface area (Å²) in [5, 5.41) is 0. The van der Waals surface area contributed by atoms with Crippen molar-refractivity contribution in [2.24, 2.45) is 0 Å². The van der Waals surface area contributed by atoms with Gasteiger partial charge in [0.05, 0.1) is 10.6 Å². The van der Waals surface area contributed by atoms with Crippen molar-refractivity contribution in [3.63, 3.8) is 0 Å². The van der Waals surface area contributed by atoms with Gasteiger partial charge in [0.2, 0.25) is 5.91 Å². The quantitative estimate of drug-likeness (QED) is 0.589. The average molecular weight is 423 g/mol. The first-order chi connectivity index (χ1) is 14.2. The van der Waals surface area contributed by atoms with Crippen molar-refractivity contribution in [2.75, 3.05) is 22.8 Å². The summed E-state index contributed by atoms with van der Waals surface area (Å²) >= 11 is 0. The van der Waals surface area contributed by atoms with E-state index in [0.29, 0.717) is 11.4 Å². The molecule has 0 radical (unpaired) electrons. The highest BCUT2D eigenvalue weighted by atomic mass is 32.2. The minimum Gasteiger partial charge on any atom is -0.314 e. The Hall–Kier alpha value is -3.12. The van der Waals surface area contributed by atoms with Crippen LogP contribution in [0.2, 0.25) is 0 Å². The molecule has 0 atom stereocenters. The lowest BCUT2D eigenvalue weighted by atomic mass is 10.1. The van der Waals surface area contributed by atoms with Crippen LogP contribution in [0.1, 0.15) is 16.7 Å². The Balaban J connectivity index is 2.05. The topological polar surface area (TPSA) is 57.7 Å². The molecule has 0 aliphatic rings. The summed E-state index contributed by atoms with van der Waals surface area (Å²) in [6.07, 6.45) is 0. The average Bonchev–Trinajstić information content (AvgIpc) is 2.74. The van der Waals surface area contributed by atoms with E-state index in [9.17, 15) is 13.2 Å². The number of para-hydroxylation sites is 1. The minimum atomic E-state index is -3.94. The van der Waals surface area contributed by atoms with E-state index in [1.165, 1.54) is 9.21 Å². The first-order valence-corrected chi connectivity index (χ1v) is 11.1. The van der Waals surface area contributed by atoms with Crippen molar-refractivity contribution in [3.8, 4) is 0 Å². The zero-order valence-electron chi connectivity index (χ0n) is 17.7. The van der Waals surface area contributed by atoms with Crippen LogP contribution in [0.3, 0.4) is 0 Å². The Kier molecular flexibility index (Phi) is 6.27. The zero-order chi connectivity index (χ0) is 21.9. The standard InChI is InChI=1S/C24H26N2O3S/c1-18-13-15-22(16-14-18)30(28,29)26(23-12-8-9-19(2)20(23)3)17-24(27)25(4)21-10-6-5-7-11-21/h5-16H,17H2,1-4H3. The molecule has 0 heterocycles. The van der Waals surface area contributed by atoms with Crippen molar-refractivity contribution in [2.45, 2.75) is 25.7 Å². The number of amides is 1. The van der Waals surface area contributed by atoms with E-state index in [2.05, 4.69) is 0 Å². The van der Waals surface area contributed by atoms with Gasteiger partial charge in [0.15, 0.2) is 0 Å². The van der Waals surface area contributed by atoms with Gasteiger partial charge in [-0.2, -0.15) is 0 Å². The van der Waals surface area contributed by atoms with Crippen molar-refractivity contribution in [3.05, 3.63) is 89.5 Å². The molecule has 6 heteroatoms. The number of hydrogen-bond acceptors (Lipinski definition) is 3. The molecular weight excluding hydrogens is 396 g/mol. The Morgan fingerprint density at radius 2 is 1.47 bits per heavy atom. The molecule has 0 aromatic heterocycles. The van der Waals surface area contributed by atoms with Crippen LogP contribution in [-0.4, -0.2) is 27.9 Å². The predicted molar refractivity (Wildman–Crippen MR) is 121 cm³/mol. The van der Waals surface area contributed by atoms with Crippen molar-refractivity contribution in [1.29, 1.82) is 0 Å². The number of aryl methyl sites for hydroxylation is 2. The van der Waals surface area contributed by atoms with Crippen LogP contribution in [0.4, 0.5) is 11.4 Å². The fourth-order valence-electron chi connectivity index (χ4n) is 3.17. The lowest BCUT2D eigenvalue weighted by Gasteiger charge is -2.28. The Morgan fingerprint density at radius 1 is 0.833 bits per heavy atom. The molecular formula is C24H26N2O3S. The third-order valence-electron chi connectivity index (χ3n) is 5.25. The van der Waals surface area contributed by atoms with Crippen LogP contribution in [0.5, 0.6) is 0 Å². The number of rotatable bonds is 6. The number of carbonyl (C=O) groups excluding carboxylic acids is 1. The molecule has 0 saturated heterocycles. The maximum atomic E-state index is 13.6. The van der Waals surface area contributed by atoms with Crippen LogP contribution in [0.15, 0.2) is 77.7 Å². The van der Waals surface area contributed by atoms with Crippen LogP contribution in [0, 0.1) is 20.8 Å². The van der Waals surface area contributed by atoms with E-state index < -0.39 is 10.0 Å². The molecule has 3 aromatic rings. The largest absolute Gasteiger partial charge is 0.314 e. The zero-order valence-corrected chi connectivity index (χ0v) is 18.5. The molecule has 5 nitrogen and oxygen atoms in total. The number of anilines is 2. The van der Waals surface area contributed by atoms with Gasteiger partial charge in [-0.15, -0.1) is 0 Å². The molecule has 3 aromatic carbocycles. The van der Waals surface area contributed by atoms with Crippen LogP contribution < -0.4 is 9.21 Å². The number of likely N-dealkylation sites (N-methyl/N-ethyl adjacent to an activating group) is 1. The van der Waals surface area contributed by atoms with Crippen molar-refractivity contribution < 1.29 is 13.2 Å². The number of benzene rings is 3. The lowest BCUT2D eigenvalue weighted by Crippen LogP contribution is -2.42. The smallest absolute Gasteiger partial charge is 0.264 e. The molecule has 30 heavy (non-hydrogen) atoms. The van der Waals surface area contributed by atoms with E-state index in [0.717, 1.165) is 16.7 Å². The highest BCUT2D eigenvalue weighted by Gasteiger charge is 2.29.